The largest absolute Gasteiger partial charge is 0.467 e. The highest BCUT2D eigenvalue weighted by molar-refractivity contribution is 6.04. The number of benzene rings is 2. The molecule has 1 aliphatic rings. The predicted octanol–water partition coefficient (Wildman–Crippen LogP) is 4.61. The van der Waals surface area contributed by atoms with Crippen LogP contribution in [0.25, 0.3) is 0 Å². The van der Waals surface area contributed by atoms with Gasteiger partial charge in [0.15, 0.2) is 0 Å². The number of unbranched alkanes of at least 4 members (excludes halogenated alkanes) is 2. The van der Waals surface area contributed by atoms with Crippen LogP contribution in [0.5, 0.6) is 0 Å². The Labute approximate surface area is 220 Å². The number of ether oxygens (including phenoxy) is 1. The Balaban J connectivity index is 0.00000456. The van der Waals surface area contributed by atoms with Crippen molar-refractivity contribution in [2.75, 3.05) is 25.5 Å². The van der Waals surface area contributed by atoms with Crippen LogP contribution in [0.4, 0.5) is 5.69 Å². The summed E-state index contributed by atoms with van der Waals surface area (Å²) in [5.74, 6) is -0.236. The lowest BCUT2D eigenvalue weighted by atomic mass is 9.90. The van der Waals surface area contributed by atoms with Crippen molar-refractivity contribution in [1.29, 1.82) is 0 Å². The fourth-order valence-electron chi connectivity index (χ4n) is 4.36. The Hall–Kier alpha value is -2.90. The van der Waals surface area contributed by atoms with E-state index < -0.39 is 12.0 Å². The number of hydrogen-bond donors (Lipinski definition) is 3. The van der Waals surface area contributed by atoms with E-state index in [4.69, 9.17) is 4.74 Å². The predicted molar refractivity (Wildman–Crippen MR) is 145 cm³/mol. The molecule has 8 heteroatoms. The van der Waals surface area contributed by atoms with Crippen molar-refractivity contribution in [1.82, 2.24) is 10.6 Å². The standard InChI is InChI=1S/C28H37N3O4.ClH/c1-3-4-5-6-26(32)31-25(28(34)35-2)19-20-7-13-24(14-8-20)30-27(33)23-11-9-21(10-12-23)22-15-17-29-18-16-22;/h7-14,22,25,29H,3-6,15-19H2,1-2H3,(H,30,33)(H,31,32);1H. The van der Waals surface area contributed by atoms with E-state index in [1.807, 2.05) is 24.3 Å². The molecule has 3 rings (SSSR count). The van der Waals surface area contributed by atoms with Crippen LogP contribution >= 0.6 is 12.4 Å². The molecule has 2 aromatic carbocycles. The molecule has 0 spiro atoms. The summed E-state index contributed by atoms with van der Waals surface area (Å²) in [4.78, 5) is 37.1. The summed E-state index contributed by atoms with van der Waals surface area (Å²) in [5.41, 5.74) is 3.42. The van der Waals surface area contributed by atoms with Gasteiger partial charge in [0, 0.05) is 24.1 Å². The van der Waals surface area contributed by atoms with Crippen molar-refractivity contribution < 1.29 is 19.1 Å². The van der Waals surface area contributed by atoms with Gasteiger partial charge in [-0.3, -0.25) is 9.59 Å². The van der Waals surface area contributed by atoms with E-state index >= 15 is 0 Å². The average molecular weight is 516 g/mol. The number of carbonyl (C=O) groups excluding carboxylic acids is 3. The van der Waals surface area contributed by atoms with Gasteiger partial charge in [0.1, 0.15) is 6.04 Å². The average Bonchev–Trinajstić information content (AvgIpc) is 2.89. The highest BCUT2D eigenvalue weighted by atomic mass is 35.5. The van der Waals surface area contributed by atoms with Crippen LogP contribution in [-0.2, 0) is 20.7 Å². The molecule has 2 amide bonds. The first-order valence-electron chi connectivity index (χ1n) is 12.6. The minimum absolute atomic E-state index is 0. The molecule has 0 bridgehead atoms. The molecule has 2 aromatic rings. The quantitative estimate of drug-likeness (QED) is 0.300. The van der Waals surface area contributed by atoms with Gasteiger partial charge in [0.2, 0.25) is 5.91 Å². The lowest BCUT2D eigenvalue weighted by Crippen LogP contribution is -2.43. The van der Waals surface area contributed by atoms with Crippen LogP contribution in [0, 0.1) is 0 Å². The molecular weight excluding hydrogens is 478 g/mol. The first-order valence-corrected chi connectivity index (χ1v) is 12.6. The monoisotopic (exact) mass is 515 g/mol. The first-order chi connectivity index (χ1) is 17.0. The molecule has 0 aliphatic carbocycles. The molecule has 7 nitrogen and oxygen atoms in total. The number of rotatable bonds is 11. The third-order valence-corrected chi connectivity index (χ3v) is 6.46. The molecule has 0 radical (unpaired) electrons. The summed E-state index contributed by atoms with van der Waals surface area (Å²) < 4.78 is 4.87. The number of nitrogens with one attached hydrogen (secondary N) is 3. The Morgan fingerprint density at radius 1 is 1.00 bits per heavy atom. The van der Waals surface area contributed by atoms with Crippen molar-refractivity contribution in [2.24, 2.45) is 0 Å². The normalized spacial score (nSPS) is 14.3. The molecule has 196 valence electrons. The Kier molecular flexibility index (Phi) is 12.4. The SMILES string of the molecule is CCCCCC(=O)NC(Cc1ccc(NC(=O)c2ccc(C3CCNCC3)cc2)cc1)C(=O)OC.Cl. The van der Waals surface area contributed by atoms with Crippen LogP contribution in [-0.4, -0.2) is 44.0 Å². The van der Waals surface area contributed by atoms with Gasteiger partial charge in [-0.2, -0.15) is 0 Å². The van der Waals surface area contributed by atoms with Crippen LogP contribution < -0.4 is 16.0 Å². The molecule has 3 N–H and O–H groups in total. The van der Waals surface area contributed by atoms with E-state index in [0.29, 0.717) is 30.0 Å². The smallest absolute Gasteiger partial charge is 0.328 e. The van der Waals surface area contributed by atoms with E-state index in [9.17, 15) is 14.4 Å². The third kappa shape index (κ3) is 8.95. The number of methoxy groups -OCH3 is 1. The Morgan fingerprint density at radius 2 is 1.67 bits per heavy atom. The maximum absolute atomic E-state index is 12.7. The van der Waals surface area contributed by atoms with Crippen LogP contribution in [0.2, 0.25) is 0 Å². The minimum Gasteiger partial charge on any atom is -0.467 e. The van der Waals surface area contributed by atoms with Crippen molar-refractivity contribution in [3.8, 4) is 0 Å². The van der Waals surface area contributed by atoms with Crippen molar-refractivity contribution >= 4 is 35.9 Å². The lowest BCUT2D eigenvalue weighted by molar-refractivity contribution is -0.145. The van der Waals surface area contributed by atoms with Gasteiger partial charge in [-0.25, -0.2) is 4.79 Å². The van der Waals surface area contributed by atoms with Gasteiger partial charge in [-0.15, -0.1) is 12.4 Å². The topological polar surface area (TPSA) is 96.5 Å². The van der Waals surface area contributed by atoms with Gasteiger partial charge in [0.05, 0.1) is 7.11 Å². The second kappa shape index (κ2) is 15.3. The van der Waals surface area contributed by atoms with Crippen LogP contribution in [0.3, 0.4) is 0 Å². The van der Waals surface area contributed by atoms with E-state index in [1.54, 1.807) is 12.1 Å². The zero-order valence-electron chi connectivity index (χ0n) is 21.2. The highest BCUT2D eigenvalue weighted by Crippen LogP contribution is 2.25. The first kappa shape index (κ1) is 29.3. The minimum atomic E-state index is -0.743. The second-order valence-electron chi connectivity index (χ2n) is 9.10. The molecule has 1 aliphatic heterocycles. The summed E-state index contributed by atoms with van der Waals surface area (Å²) in [6.45, 7) is 4.15. The van der Waals surface area contributed by atoms with Crippen LogP contribution in [0.1, 0.15) is 72.9 Å². The van der Waals surface area contributed by atoms with E-state index in [-0.39, 0.29) is 24.2 Å². The summed E-state index contributed by atoms with van der Waals surface area (Å²) in [5, 5.41) is 9.08. The summed E-state index contributed by atoms with van der Waals surface area (Å²) in [6.07, 6.45) is 5.76. The highest BCUT2D eigenvalue weighted by Gasteiger charge is 2.22. The van der Waals surface area contributed by atoms with E-state index in [1.165, 1.54) is 12.7 Å². The zero-order chi connectivity index (χ0) is 25.0. The number of hydrogen-bond acceptors (Lipinski definition) is 5. The van der Waals surface area contributed by atoms with Crippen molar-refractivity contribution in [3.63, 3.8) is 0 Å². The Bertz CT molecular complexity index is 973. The number of anilines is 1. The van der Waals surface area contributed by atoms with E-state index in [2.05, 4.69) is 35.0 Å². The second-order valence-corrected chi connectivity index (χ2v) is 9.10. The molecular formula is C28H38ClN3O4. The van der Waals surface area contributed by atoms with Gasteiger partial charge in [-0.05, 0) is 73.7 Å². The van der Waals surface area contributed by atoms with Crippen LogP contribution in [0.15, 0.2) is 48.5 Å². The summed E-state index contributed by atoms with van der Waals surface area (Å²) in [6, 6.07) is 14.4. The van der Waals surface area contributed by atoms with Gasteiger partial charge >= 0.3 is 5.97 Å². The van der Waals surface area contributed by atoms with Crippen molar-refractivity contribution in [2.45, 2.75) is 63.8 Å². The summed E-state index contributed by atoms with van der Waals surface area (Å²) >= 11 is 0. The molecule has 1 atom stereocenters. The number of halogens is 1. The van der Waals surface area contributed by atoms with Gasteiger partial charge in [-0.1, -0.05) is 44.0 Å². The zero-order valence-corrected chi connectivity index (χ0v) is 22.0. The van der Waals surface area contributed by atoms with E-state index in [0.717, 1.165) is 50.8 Å². The fourth-order valence-corrected chi connectivity index (χ4v) is 4.36. The molecule has 0 saturated carbocycles. The molecule has 1 unspecified atom stereocenters. The molecule has 1 heterocycles. The number of piperidine rings is 1. The van der Waals surface area contributed by atoms with Crippen molar-refractivity contribution in [3.05, 3.63) is 65.2 Å². The number of amides is 2. The fraction of sp³-hybridized carbons (Fsp3) is 0.464. The maximum Gasteiger partial charge on any atom is 0.328 e. The Morgan fingerprint density at radius 3 is 2.28 bits per heavy atom. The number of carbonyl (C=O) groups is 3. The van der Waals surface area contributed by atoms with Gasteiger partial charge in [0.25, 0.3) is 5.91 Å². The number of esters is 1. The third-order valence-electron chi connectivity index (χ3n) is 6.46. The van der Waals surface area contributed by atoms with Gasteiger partial charge < -0.3 is 20.7 Å². The molecule has 1 saturated heterocycles. The molecule has 1 fully saturated rings. The summed E-state index contributed by atoms with van der Waals surface area (Å²) in [7, 11) is 1.32. The lowest BCUT2D eigenvalue weighted by Gasteiger charge is -2.23. The maximum atomic E-state index is 12.7. The molecule has 0 aromatic heterocycles. The molecule has 36 heavy (non-hydrogen) atoms.